The number of benzene rings is 2. The molecule has 1 saturated heterocycles. The number of carbonyl (C=O) groups excluding carboxylic acids is 1. The van der Waals surface area contributed by atoms with Crippen molar-refractivity contribution < 1.29 is 36.3 Å². The summed E-state index contributed by atoms with van der Waals surface area (Å²) in [6.07, 6.45) is -4.27. The number of hydrogen-bond donors (Lipinski definition) is 4. The Morgan fingerprint density at radius 3 is 2.08 bits per heavy atom. The monoisotopic (exact) mass is 586 g/mol. The molecule has 0 bridgehead atoms. The number of carbonyl (C=O) groups is 2. The maximum Gasteiger partial charge on any atom is 0.490 e. The van der Waals surface area contributed by atoms with Gasteiger partial charge in [0.1, 0.15) is 0 Å². The van der Waals surface area contributed by atoms with E-state index in [2.05, 4.69) is 41.0 Å². The highest BCUT2D eigenvalue weighted by Crippen LogP contribution is 2.28. The van der Waals surface area contributed by atoms with E-state index >= 15 is 0 Å². The predicted octanol–water partition coefficient (Wildman–Crippen LogP) is 4.36. The molecule has 13 heteroatoms. The fourth-order valence-corrected chi connectivity index (χ4v) is 4.76. The van der Waals surface area contributed by atoms with Crippen LogP contribution in [0, 0.1) is 0 Å². The average molecular weight is 587 g/mol. The highest BCUT2D eigenvalue weighted by atomic mass is 32.2. The second kappa shape index (κ2) is 13.4. The van der Waals surface area contributed by atoms with Crippen molar-refractivity contribution in [2.45, 2.75) is 63.6 Å². The Bertz CT molecular complexity index is 1270. The van der Waals surface area contributed by atoms with Crippen LogP contribution < -0.4 is 20.3 Å². The number of hydrogen-bond acceptors (Lipinski definition) is 6. The Labute approximate surface area is 233 Å². The number of nitrogens with one attached hydrogen (secondary N) is 3. The van der Waals surface area contributed by atoms with Gasteiger partial charge in [0.15, 0.2) is 0 Å². The van der Waals surface area contributed by atoms with Crippen molar-refractivity contribution in [3.05, 3.63) is 53.6 Å². The first-order chi connectivity index (χ1) is 18.5. The van der Waals surface area contributed by atoms with E-state index < -0.39 is 22.2 Å². The van der Waals surface area contributed by atoms with Crippen LogP contribution in [0.3, 0.4) is 0 Å². The average Bonchev–Trinajstić information content (AvgIpc) is 2.88. The first-order valence-corrected chi connectivity index (χ1v) is 14.3. The highest BCUT2D eigenvalue weighted by Gasteiger charge is 2.38. The number of nitrogens with zero attached hydrogens (tertiary/aromatic N) is 1. The Balaban J connectivity index is 0.000000708. The summed E-state index contributed by atoms with van der Waals surface area (Å²) in [5, 5.41) is 13.4. The van der Waals surface area contributed by atoms with Crippen LogP contribution in [-0.4, -0.2) is 63.8 Å². The zero-order valence-corrected chi connectivity index (χ0v) is 24.0. The first-order valence-electron chi connectivity index (χ1n) is 12.8. The van der Waals surface area contributed by atoms with Crippen LogP contribution in [-0.2, 0) is 20.2 Å². The molecule has 9 nitrogen and oxygen atoms in total. The van der Waals surface area contributed by atoms with Crippen LogP contribution in [0.1, 0.15) is 57.0 Å². The third-order valence-electron chi connectivity index (χ3n) is 6.21. The van der Waals surface area contributed by atoms with Gasteiger partial charge in [0.05, 0.1) is 10.5 Å². The van der Waals surface area contributed by atoms with Crippen molar-refractivity contribution >= 4 is 33.3 Å². The van der Waals surface area contributed by atoms with Gasteiger partial charge in [-0.25, -0.2) is 13.2 Å². The quantitative estimate of drug-likeness (QED) is 0.380. The molecule has 222 valence electrons. The van der Waals surface area contributed by atoms with Gasteiger partial charge in [-0.1, -0.05) is 39.8 Å². The van der Waals surface area contributed by atoms with Crippen LogP contribution in [0.4, 0.5) is 24.5 Å². The smallest absolute Gasteiger partial charge is 0.475 e. The Morgan fingerprint density at radius 1 is 1.05 bits per heavy atom. The van der Waals surface area contributed by atoms with Crippen molar-refractivity contribution in [2.75, 3.05) is 35.8 Å². The van der Waals surface area contributed by atoms with E-state index in [9.17, 15) is 26.4 Å². The number of halogens is 3. The minimum absolute atomic E-state index is 0.0232. The molecule has 40 heavy (non-hydrogen) atoms. The van der Waals surface area contributed by atoms with E-state index in [0.29, 0.717) is 11.3 Å². The number of carboxylic acid groups (broad SMARTS) is 1. The predicted molar refractivity (Wildman–Crippen MR) is 148 cm³/mol. The fraction of sp³-hybridized carbons (Fsp3) is 0.481. The lowest BCUT2D eigenvalue weighted by Crippen LogP contribution is -2.44. The number of rotatable bonds is 7. The largest absolute Gasteiger partial charge is 0.490 e. The molecule has 4 N–H and O–H groups in total. The Morgan fingerprint density at radius 2 is 1.60 bits per heavy atom. The standard InChI is InChI=1S/C25H36N4O3S.C2HF3O2/c1-6-18(2)27-24(30)22-17-20(9-12-23(22)29-15-13-26-14-16-29)28-33(31,32)21-10-7-19(8-11-21)25(3,4)5;3-2(4,5)1(6)7/h7-12,17-18,26,28H,6,13-16H2,1-5H3,(H,27,30);(H,6,7). The lowest BCUT2D eigenvalue weighted by molar-refractivity contribution is -0.192. The molecule has 0 radical (unpaired) electrons. The van der Waals surface area contributed by atoms with E-state index in [0.717, 1.165) is 43.9 Å². The number of piperazine rings is 1. The molecule has 0 spiro atoms. The topological polar surface area (TPSA) is 128 Å². The fourth-order valence-electron chi connectivity index (χ4n) is 3.71. The van der Waals surface area contributed by atoms with E-state index in [-0.39, 0.29) is 22.3 Å². The lowest BCUT2D eigenvalue weighted by atomic mass is 9.87. The molecule has 2 aromatic rings. The second-order valence-corrected chi connectivity index (χ2v) is 12.1. The molecular weight excluding hydrogens is 549 g/mol. The third kappa shape index (κ3) is 9.40. The van der Waals surface area contributed by atoms with Crippen molar-refractivity contribution in [1.29, 1.82) is 0 Å². The van der Waals surface area contributed by atoms with Gasteiger partial charge in [-0.3, -0.25) is 9.52 Å². The lowest BCUT2D eigenvalue weighted by Gasteiger charge is -2.31. The number of anilines is 2. The molecule has 1 aliphatic rings. The maximum absolute atomic E-state index is 13.1. The van der Waals surface area contributed by atoms with Crippen LogP contribution in [0.25, 0.3) is 0 Å². The molecule has 1 unspecified atom stereocenters. The highest BCUT2D eigenvalue weighted by molar-refractivity contribution is 7.92. The van der Waals surface area contributed by atoms with E-state index in [1.54, 1.807) is 24.3 Å². The number of carboxylic acids is 1. The summed E-state index contributed by atoms with van der Waals surface area (Å²) in [5.41, 5.74) is 2.65. The molecule has 2 aromatic carbocycles. The van der Waals surface area contributed by atoms with Crippen molar-refractivity contribution in [3.8, 4) is 0 Å². The van der Waals surface area contributed by atoms with Crippen LogP contribution >= 0.6 is 0 Å². The molecule has 0 saturated carbocycles. The number of aliphatic carboxylic acids is 1. The SMILES string of the molecule is CCC(C)NC(=O)c1cc(NS(=O)(=O)c2ccc(C(C)(C)C)cc2)ccc1N1CCNCC1.O=C(O)C(F)(F)F. The van der Waals surface area contributed by atoms with Gasteiger partial charge in [-0.05, 0) is 54.7 Å². The summed E-state index contributed by atoms with van der Waals surface area (Å²) in [4.78, 5) is 24.3. The third-order valence-corrected chi connectivity index (χ3v) is 7.61. The van der Waals surface area contributed by atoms with E-state index in [1.165, 1.54) is 0 Å². The van der Waals surface area contributed by atoms with Crippen molar-refractivity contribution in [1.82, 2.24) is 10.6 Å². The maximum atomic E-state index is 13.1. The molecule has 1 fully saturated rings. The van der Waals surface area contributed by atoms with Crippen LogP contribution in [0.5, 0.6) is 0 Å². The van der Waals surface area contributed by atoms with Gasteiger partial charge in [0, 0.05) is 43.6 Å². The second-order valence-electron chi connectivity index (χ2n) is 10.4. The van der Waals surface area contributed by atoms with Crippen molar-refractivity contribution in [3.63, 3.8) is 0 Å². The van der Waals surface area contributed by atoms with Crippen LogP contribution in [0.2, 0.25) is 0 Å². The summed E-state index contributed by atoms with van der Waals surface area (Å²) in [7, 11) is -3.79. The molecule has 1 amide bonds. The molecule has 0 aliphatic carbocycles. The van der Waals surface area contributed by atoms with E-state index in [1.807, 2.05) is 32.0 Å². The molecule has 1 aliphatic heterocycles. The van der Waals surface area contributed by atoms with Gasteiger partial charge in [0.2, 0.25) is 0 Å². The molecule has 1 heterocycles. The first kappa shape index (κ1) is 32.9. The van der Waals surface area contributed by atoms with Gasteiger partial charge in [-0.2, -0.15) is 13.2 Å². The van der Waals surface area contributed by atoms with Crippen molar-refractivity contribution in [2.24, 2.45) is 0 Å². The van der Waals surface area contributed by atoms with Gasteiger partial charge >= 0.3 is 12.1 Å². The van der Waals surface area contributed by atoms with Crippen LogP contribution in [0.15, 0.2) is 47.4 Å². The minimum atomic E-state index is -5.08. The zero-order chi connectivity index (χ0) is 30.3. The normalized spacial score (nSPS) is 14.9. The summed E-state index contributed by atoms with van der Waals surface area (Å²) in [6, 6.07) is 12.1. The van der Waals surface area contributed by atoms with Gasteiger partial charge in [-0.15, -0.1) is 0 Å². The molecule has 0 aromatic heterocycles. The summed E-state index contributed by atoms with van der Waals surface area (Å²) >= 11 is 0. The summed E-state index contributed by atoms with van der Waals surface area (Å²) < 4.78 is 60.4. The summed E-state index contributed by atoms with van der Waals surface area (Å²) in [6.45, 7) is 13.5. The Kier molecular flexibility index (Phi) is 11.0. The van der Waals surface area contributed by atoms with Gasteiger partial charge in [0.25, 0.3) is 15.9 Å². The number of alkyl halides is 3. The number of sulfonamides is 1. The van der Waals surface area contributed by atoms with Gasteiger partial charge < -0.3 is 20.6 Å². The molecule has 3 rings (SSSR count). The number of amides is 1. The van der Waals surface area contributed by atoms with E-state index in [4.69, 9.17) is 9.90 Å². The molecular formula is C27H37F3N4O5S. The zero-order valence-electron chi connectivity index (χ0n) is 23.2. The summed E-state index contributed by atoms with van der Waals surface area (Å²) in [5.74, 6) is -2.96. The molecule has 1 atom stereocenters. The Hall–Kier alpha value is -3.32. The minimum Gasteiger partial charge on any atom is -0.475 e.